The van der Waals surface area contributed by atoms with Crippen LogP contribution in [0.5, 0.6) is 5.75 Å². The highest BCUT2D eigenvalue weighted by molar-refractivity contribution is 6.06. The van der Waals surface area contributed by atoms with Crippen LogP contribution in [0.3, 0.4) is 0 Å². The van der Waals surface area contributed by atoms with Gasteiger partial charge in [-0.2, -0.15) is 0 Å². The van der Waals surface area contributed by atoms with Gasteiger partial charge in [-0.3, -0.25) is 4.90 Å². The SMILES string of the molecule is Cc1cc(C)c(N2c3ccc(C)cc3C(=O)Oc3c2oc2ccc(C)cc32)c(C)c1. The van der Waals surface area contributed by atoms with E-state index < -0.39 is 0 Å². The summed E-state index contributed by atoms with van der Waals surface area (Å²) in [6.07, 6.45) is 0. The van der Waals surface area contributed by atoms with Crippen molar-refractivity contribution >= 4 is 34.2 Å². The van der Waals surface area contributed by atoms with Crippen molar-refractivity contribution in [2.24, 2.45) is 0 Å². The molecule has 1 aliphatic rings. The third-order valence-corrected chi connectivity index (χ3v) is 5.65. The molecule has 0 radical (unpaired) electrons. The van der Waals surface area contributed by atoms with E-state index in [0.29, 0.717) is 22.8 Å². The van der Waals surface area contributed by atoms with Gasteiger partial charge in [0.2, 0.25) is 11.6 Å². The molecule has 0 aliphatic carbocycles. The van der Waals surface area contributed by atoms with E-state index in [2.05, 4.69) is 32.9 Å². The lowest BCUT2D eigenvalue weighted by atomic mass is 10.0. The number of furan rings is 1. The zero-order valence-electron chi connectivity index (χ0n) is 17.8. The van der Waals surface area contributed by atoms with Gasteiger partial charge in [-0.05, 0) is 70.0 Å². The molecule has 30 heavy (non-hydrogen) atoms. The Bertz CT molecular complexity index is 1320. The van der Waals surface area contributed by atoms with Crippen molar-refractivity contribution in [1.82, 2.24) is 0 Å². The molecule has 0 N–H and O–H groups in total. The molecule has 0 bridgehead atoms. The van der Waals surface area contributed by atoms with Crippen LogP contribution >= 0.6 is 0 Å². The molecule has 1 aliphatic heterocycles. The molecule has 4 nitrogen and oxygen atoms in total. The normalized spacial score (nSPS) is 13.1. The Morgan fingerprint density at radius 1 is 0.767 bits per heavy atom. The minimum atomic E-state index is -0.371. The highest BCUT2D eigenvalue weighted by Gasteiger charge is 2.34. The number of ether oxygens (including phenoxy) is 1. The quantitative estimate of drug-likeness (QED) is 0.325. The fourth-order valence-electron chi connectivity index (χ4n) is 4.43. The summed E-state index contributed by atoms with van der Waals surface area (Å²) in [5.74, 6) is 0.623. The van der Waals surface area contributed by atoms with E-state index in [9.17, 15) is 4.79 Å². The van der Waals surface area contributed by atoms with Crippen LogP contribution in [0.25, 0.3) is 11.0 Å². The molecule has 150 valence electrons. The van der Waals surface area contributed by atoms with Gasteiger partial charge in [-0.15, -0.1) is 0 Å². The maximum absolute atomic E-state index is 13.2. The van der Waals surface area contributed by atoms with Gasteiger partial charge in [0.05, 0.1) is 22.3 Å². The van der Waals surface area contributed by atoms with Crippen molar-refractivity contribution in [3.63, 3.8) is 0 Å². The minimum absolute atomic E-state index is 0.371. The Hall–Kier alpha value is -3.53. The number of anilines is 3. The molecule has 0 atom stereocenters. The van der Waals surface area contributed by atoms with Crippen LogP contribution in [-0.2, 0) is 0 Å². The minimum Gasteiger partial charge on any atom is -0.436 e. The van der Waals surface area contributed by atoms with E-state index in [0.717, 1.165) is 39.0 Å². The first-order chi connectivity index (χ1) is 14.3. The molecule has 0 unspecified atom stereocenters. The maximum atomic E-state index is 13.2. The average Bonchev–Trinajstić information content (AvgIpc) is 2.96. The van der Waals surface area contributed by atoms with Gasteiger partial charge in [0, 0.05) is 0 Å². The largest absolute Gasteiger partial charge is 0.436 e. The average molecular weight is 397 g/mol. The van der Waals surface area contributed by atoms with E-state index in [1.165, 1.54) is 5.56 Å². The van der Waals surface area contributed by atoms with Gasteiger partial charge in [0.25, 0.3) is 0 Å². The molecule has 4 aromatic rings. The summed E-state index contributed by atoms with van der Waals surface area (Å²) in [6.45, 7) is 10.3. The second kappa shape index (κ2) is 6.49. The molecule has 0 saturated heterocycles. The fourth-order valence-corrected chi connectivity index (χ4v) is 4.43. The Kier molecular flexibility index (Phi) is 4.00. The first-order valence-corrected chi connectivity index (χ1v) is 10.1. The number of benzene rings is 3. The number of carbonyl (C=O) groups excluding carboxylic acids is 1. The van der Waals surface area contributed by atoms with E-state index >= 15 is 0 Å². The molecule has 4 heteroatoms. The highest BCUT2D eigenvalue weighted by atomic mass is 16.5. The lowest BCUT2D eigenvalue weighted by Crippen LogP contribution is -2.14. The zero-order chi connectivity index (χ0) is 21.2. The molecular weight excluding hydrogens is 374 g/mol. The van der Waals surface area contributed by atoms with Crippen LogP contribution in [0, 0.1) is 34.6 Å². The van der Waals surface area contributed by atoms with E-state index in [1.54, 1.807) is 0 Å². The third kappa shape index (κ3) is 2.71. The Morgan fingerprint density at radius 2 is 1.43 bits per heavy atom. The number of fused-ring (bicyclic) bond motifs is 4. The summed E-state index contributed by atoms with van der Waals surface area (Å²) in [4.78, 5) is 15.2. The van der Waals surface area contributed by atoms with Gasteiger partial charge in [-0.1, -0.05) is 41.0 Å². The molecule has 1 aromatic heterocycles. The van der Waals surface area contributed by atoms with Gasteiger partial charge in [0.15, 0.2) is 0 Å². The zero-order valence-corrected chi connectivity index (χ0v) is 17.8. The monoisotopic (exact) mass is 397 g/mol. The molecule has 0 saturated carbocycles. The molecule has 3 aromatic carbocycles. The van der Waals surface area contributed by atoms with E-state index in [1.807, 2.05) is 55.1 Å². The number of carbonyl (C=O) groups is 1. The van der Waals surface area contributed by atoms with Crippen molar-refractivity contribution in [2.75, 3.05) is 4.90 Å². The van der Waals surface area contributed by atoms with E-state index in [4.69, 9.17) is 9.15 Å². The van der Waals surface area contributed by atoms with Crippen LogP contribution in [0.2, 0.25) is 0 Å². The molecule has 2 heterocycles. The van der Waals surface area contributed by atoms with Crippen molar-refractivity contribution in [3.8, 4) is 5.75 Å². The molecular formula is C26H23NO3. The molecule has 0 fully saturated rings. The smallest absolute Gasteiger partial charge is 0.345 e. The number of hydrogen-bond acceptors (Lipinski definition) is 4. The van der Waals surface area contributed by atoms with Gasteiger partial charge < -0.3 is 9.15 Å². The number of hydrogen-bond donors (Lipinski definition) is 0. The summed E-state index contributed by atoms with van der Waals surface area (Å²) < 4.78 is 12.2. The van der Waals surface area contributed by atoms with Gasteiger partial charge in [-0.25, -0.2) is 4.79 Å². The Balaban J connectivity index is 1.91. The summed E-state index contributed by atoms with van der Waals surface area (Å²) in [5.41, 5.74) is 8.47. The first kappa shape index (κ1) is 18.5. The second-order valence-corrected chi connectivity index (χ2v) is 8.23. The van der Waals surface area contributed by atoms with Gasteiger partial charge in [0.1, 0.15) is 5.58 Å². The van der Waals surface area contributed by atoms with Crippen LogP contribution in [0.1, 0.15) is 38.2 Å². The second-order valence-electron chi connectivity index (χ2n) is 8.23. The van der Waals surface area contributed by atoms with Crippen molar-refractivity contribution in [3.05, 3.63) is 81.9 Å². The third-order valence-electron chi connectivity index (χ3n) is 5.65. The molecule has 0 amide bonds. The lowest BCUT2D eigenvalue weighted by molar-refractivity contribution is 0.0740. The van der Waals surface area contributed by atoms with E-state index in [-0.39, 0.29) is 5.97 Å². The van der Waals surface area contributed by atoms with Crippen LogP contribution in [0.15, 0.2) is 52.9 Å². The van der Waals surface area contributed by atoms with Crippen molar-refractivity contribution < 1.29 is 13.9 Å². The number of nitrogens with zero attached hydrogens (tertiary/aromatic N) is 1. The van der Waals surface area contributed by atoms with Crippen LogP contribution < -0.4 is 9.64 Å². The first-order valence-electron chi connectivity index (χ1n) is 10.1. The predicted molar refractivity (Wildman–Crippen MR) is 120 cm³/mol. The summed E-state index contributed by atoms with van der Waals surface area (Å²) in [7, 11) is 0. The molecule has 0 spiro atoms. The van der Waals surface area contributed by atoms with Crippen LogP contribution in [-0.4, -0.2) is 5.97 Å². The van der Waals surface area contributed by atoms with Crippen molar-refractivity contribution in [1.29, 1.82) is 0 Å². The number of aryl methyl sites for hydroxylation is 5. The van der Waals surface area contributed by atoms with Crippen LogP contribution in [0.4, 0.5) is 17.3 Å². The predicted octanol–water partition coefficient (Wildman–Crippen LogP) is 6.98. The number of esters is 1. The summed E-state index contributed by atoms with van der Waals surface area (Å²) in [6, 6.07) is 16.1. The fraction of sp³-hybridized carbons (Fsp3) is 0.192. The topological polar surface area (TPSA) is 42.7 Å². The Labute approximate surface area is 175 Å². The number of rotatable bonds is 1. The highest BCUT2D eigenvalue weighted by Crippen LogP contribution is 2.51. The van der Waals surface area contributed by atoms with Crippen molar-refractivity contribution in [2.45, 2.75) is 34.6 Å². The molecule has 5 rings (SSSR count). The standard InChI is InChI=1S/C26H23NO3/c1-14-6-8-21-19(12-14)26(28)30-24-20-13-15(2)7-9-22(20)29-25(24)27(21)23-17(4)10-16(3)11-18(23)5/h6-13H,1-5H3. The maximum Gasteiger partial charge on any atom is 0.345 e. The Morgan fingerprint density at radius 3 is 2.17 bits per heavy atom. The van der Waals surface area contributed by atoms with Gasteiger partial charge >= 0.3 is 5.97 Å². The lowest BCUT2D eigenvalue weighted by Gasteiger charge is -2.26. The summed E-state index contributed by atoms with van der Waals surface area (Å²) in [5, 5.41) is 0.801. The summed E-state index contributed by atoms with van der Waals surface area (Å²) >= 11 is 0.